The lowest BCUT2D eigenvalue weighted by molar-refractivity contribution is -0.153. The summed E-state index contributed by atoms with van der Waals surface area (Å²) in [5, 5.41) is 3.59. The highest BCUT2D eigenvalue weighted by Crippen LogP contribution is 2.35. The Balaban J connectivity index is 1.83. The van der Waals surface area contributed by atoms with Crippen molar-refractivity contribution in [3.05, 3.63) is 27.9 Å². The van der Waals surface area contributed by atoms with Gasteiger partial charge in [-0.1, -0.05) is 5.16 Å². The number of anilines is 2. The molecule has 0 radical (unpaired) electrons. The second kappa shape index (κ2) is 7.52. The summed E-state index contributed by atoms with van der Waals surface area (Å²) in [5.74, 6) is -1.45. The lowest BCUT2D eigenvalue weighted by atomic mass is 10.1. The van der Waals surface area contributed by atoms with Crippen LogP contribution in [-0.2, 0) is 17.8 Å². The molecule has 0 spiro atoms. The van der Waals surface area contributed by atoms with E-state index in [1.165, 1.54) is 11.8 Å². The first kappa shape index (κ1) is 20.6. The molecule has 2 aromatic rings. The summed E-state index contributed by atoms with van der Waals surface area (Å²) < 4.78 is 67.4. The van der Waals surface area contributed by atoms with E-state index < -0.39 is 36.6 Å². The number of nitrogens with zero attached hydrogens (tertiary/aromatic N) is 6. The lowest BCUT2D eigenvalue weighted by Crippen LogP contribution is -2.53. The molecule has 4 rings (SSSR count). The second-order valence-electron chi connectivity index (χ2n) is 7.33. The minimum absolute atomic E-state index is 0.0601. The first-order chi connectivity index (χ1) is 14.2. The van der Waals surface area contributed by atoms with Crippen molar-refractivity contribution in [1.29, 1.82) is 0 Å². The molecular formula is C17H20F4N6O3. The SMILES string of the molecule is Cc1noc(CN2c3nc(N4CCOC[C@H]4C)c(F)c(=O)n3CC[C@H]2C(F)(F)F)n1. The van der Waals surface area contributed by atoms with E-state index in [2.05, 4.69) is 15.1 Å². The third-order valence-corrected chi connectivity index (χ3v) is 5.23. The number of aromatic nitrogens is 4. The number of morpholine rings is 1. The molecule has 0 unspecified atom stereocenters. The topological polar surface area (TPSA) is 89.5 Å². The van der Waals surface area contributed by atoms with Crippen LogP contribution in [-0.4, -0.2) is 57.7 Å². The van der Waals surface area contributed by atoms with E-state index in [1.807, 2.05) is 0 Å². The highest BCUT2D eigenvalue weighted by molar-refractivity contribution is 5.48. The van der Waals surface area contributed by atoms with Gasteiger partial charge in [0.15, 0.2) is 11.6 Å². The molecule has 1 saturated heterocycles. The fourth-order valence-corrected chi connectivity index (χ4v) is 3.78. The molecule has 0 bridgehead atoms. The van der Waals surface area contributed by atoms with E-state index in [4.69, 9.17) is 9.26 Å². The minimum Gasteiger partial charge on any atom is -0.377 e. The number of fused-ring (bicyclic) bond motifs is 1. The maximum atomic E-state index is 14.9. The number of ether oxygens (including phenoxy) is 1. The monoisotopic (exact) mass is 432 g/mol. The molecule has 0 aromatic carbocycles. The number of rotatable bonds is 3. The standard InChI is InChI=1S/C17H20F4N6O3/c1-9-8-29-6-5-25(9)14-13(18)15(28)26-4-3-11(17(19,20)21)27(16(26)23-14)7-12-22-10(2)24-30-12/h9,11H,3-8H2,1-2H3/t9-,11+/m1/s1. The molecule has 164 valence electrons. The Bertz CT molecular complexity index is 991. The maximum Gasteiger partial charge on any atom is 0.408 e. The van der Waals surface area contributed by atoms with E-state index >= 15 is 0 Å². The molecule has 0 N–H and O–H groups in total. The van der Waals surface area contributed by atoms with Gasteiger partial charge in [0.1, 0.15) is 12.6 Å². The van der Waals surface area contributed by atoms with E-state index in [1.54, 1.807) is 6.92 Å². The van der Waals surface area contributed by atoms with Gasteiger partial charge in [0.2, 0.25) is 17.7 Å². The van der Waals surface area contributed by atoms with Crippen LogP contribution >= 0.6 is 0 Å². The number of hydrogen-bond donors (Lipinski definition) is 0. The Hall–Kier alpha value is -2.70. The van der Waals surface area contributed by atoms with Crippen molar-refractivity contribution in [2.24, 2.45) is 0 Å². The molecule has 0 aliphatic carbocycles. The van der Waals surface area contributed by atoms with Crippen LogP contribution in [0.3, 0.4) is 0 Å². The smallest absolute Gasteiger partial charge is 0.377 e. The molecule has 1 fully saturated rings. The Morgan fingerprint density at radius 3 is 2.63 bits per heavy atom. The van der Waals surface area contributed by atoms with E-state index in [-0.39, 0.29) is 49.2 Å². The van der Waals surface area contributed by atoms with Gasteiger partial charge in [0, 0.05) is 13.1 Å². The van der Waals surface area contributed by atoms with Gasteiger partial charge in [0.25, 0.3) is 5.56 Å². The summed E-state index contributed by atoms with van der Waals surface area (Å²) in [6.07, 6.45) is -5.03. The number of halogens is 4. The van der Waals surface area contributed by atoms with Crippen LogP contribution in [0.5, 0.6) is 0 Å². The van der Waals surface area contributed by atoms with E-state index in [0.29, 0.717) is 6.61 Å². The average Bonchev–Trinajstić information content (AvgIpc) is 3.09. The zero-order valence-corrected chi connectivity index (χ0v) is 16.3. The summed E-state index contributed by atoms with van der Waals surface area (Å²) >= 11 is 0. The molecule has 2 aliphatic heterocycles. The fourth-order valence-electron chi connectivity index (χ4n) is 3.78. The van der Waals surface area contributed by atoms with Crippen LogP contribution in [0, 0.1) is 12.7 Å². The highest BCUT2D eigenvalue weighted by atomic mass is 19.4. The third-order valence-electron chi connectivity index (χ3n) is 5.23. The molecular weight excluding hydrogens is 412 g/mol. The number of aryl methyl sites for hydroxylation is 1. The molecule has 13 heteroatoms. The quantitative estimate of drug-likeness (QED) is 0.677. The summed E-state index contributed by atoms with van der Waals surface area (Å²) in [6, 6.07) is -2.23. The normalized spacial score (nSPS) is 22.3. The minimum atomic E-state index is -4.60. The molecule has 9 nitrogen and oxygen atoms in total. The van der Waals surface area contributed by atoms with Gasteiger partial charge in [0.05, 0.1) is 19.3 Å². The zero-order chi connectivity index (χ0) is 21.6. The summed E-state index contributed by atoms with van der Waals surface area (Å²) in [4.78, 5) is 23.2. The van der Waals surface area contributed by atoms with Crippen molar-refractivity contribution in [3.63, 3.8) is 0 Å². The van der Waals surface area contributed by atoms with Crippen molar-refractivity contribution < 1.29 is 26.8 Å². The van der Waals surface area contributed by atoms with E-state index in [9.17, 15) is 22.4 Å². The molecule has 0 amide bonds. The second-order valence-corrected chi connectivity index (χ2v) is 7.33. The van der Waals surface area contributed by atoms with Gasteiger partial charge in [-0.15, -0.1) is 0 Å². The van der Waals surface area contributed by atoms with Crippen LogP contribution in [0.15, 0.2) is 9.32 Å². The summed E-state index contributed by atoms with van der Waals surface area (Å²) in [6.45, 7) is 3.42. The highest BCUT2D eigenvalue weighted by Gasteiger charge is 2.48. The van der Waals surface area contributed by atoms with Crippen LogP contribution in [0.4, 0.5) is 29.3 Å². The third kappa shape index (κ3) is 3.61. The van der Waals surface area contributed by atoms with Crippen LogP contribution in [0.2, 0.25) is 0 Å². The van der Waals surface area contributed by atoms with Gasteiger partial charge < -0.3 is 19.1 Å². The van der Waals surface area contributed by atoms with Crippen molar-refractivity contribution >= 4 is 11.8 Å². The zero-order valence-electron chi connectivity index (χ0n) is 16.3. The molecule has 0 saturated carbocycles. The van der Waals surface area contributed by atoms with Crippen LogP contribution in [0.25, 0.3) is 0 Å². The number of hydrogen-bond acceptors (Lipinski definition) is 8. The molecule has 2 aliphatic rings. The fraction of sp³-hybridized carbons (Fsp3) is 0.647. The summed E-state index contributed by atoms with van der Waals surface area (Å²) in [5.41, 5.74) is -1.01. The maximum absolute atomic E-state index is 14.9. The summed E-state index contributed by atoms with van der Waals surface area (Å²) in [7, 11) is 0. The van der Waals surface area contributed by atoms with Gasteiger partial charge in [-0.2, -0.15) is 27.5 Å². The van der Waals surface area contributed by atoms with Crippen molar-refractivity contribution in [3.8, 4) is 0 Å². The van der Waals surface area contributed by atoms with Gasteiger partial charge in [-0.05, 0) is 20.3 Å². The predicted octanol–water partition coefficient (Wildman–Crippen LogP) is 1.64. The van der Waals surface area contributed by atoms with Gasteiger partial charge in [-0.25, -0.2) is 0 Å². The average molecular weight is 432 g/mol. The largest absolute Gasteiger partial charge is 0.408 e. The number of alkyl halides is 3. The van der Waals surface area contributed by atoms with Crippen LogP contribution in [0.1, 0.15) is 25.1 Å². The first-order valence-electron chi connectivity index (χ1n) is 9.44. The van der Waals surface area contributed by atoms with Gasteiger partial charge >= 0.3 is 6.18 Å². The van der Waals surface area contributed by atoms with Gasteiger partial charge in [-0.3, -0.25) is 9.36 Å². The Labute approximate surface area is 168 Å². The lowest BCUT2D eigenvalue weighted by Gasteiger charge is -2.40. The first-order valence-corrected chi connectivity index (χ1v) is 9.44. The van der Waals surface area contributed by atoms with Crippen LogP contribution < -0.4 is 15.4 Å². The van der Waals surface area contributed by atoms with Crippen molar-refractivity contribution in [1.82, 2.24) is 19.7 Å². The Morgan fingerprint density at radius 2 is 2.00 bits per heavy atom. The van der Waals surface area contributed by atoms with Crippen molar-refractivity contribution in [2.45, 2.75) is 51.6 Å². The molecule has 2 aromatic heterocycles. The predicted molar refractivity (Wildman–Crippen MR) is 95.8 cm³/mol. The molecule has 30 heavy (non-hydrogen) atoms. The molecule has 2 atom stereocenters. The molecule has 4 heterocycles. The Morgan fingerprint density at radius 1 is 1.23 bits per heavy atom. The van der Waals surface area contributed by atoms with E-state index in [0.717, 1.165) is 9.47 Å². The Kier molecular flexibility index (Phi) is 5.16. The van der Waals surface area contributed by atoms with Crippen molar-refractivity contribution in [2.75, 3.05) is 29.6 Å².